The van der Waals surface area contributed by atoms with E-state index < -0.39 is 0 Å². The highest BCUT2D eigenvalue weighted by Crippen LogP contribution is 2.10. The Morgan fingerprint density at radius 3 is 2.64 bits per heavy atom. The number of urea groups is 1. The van der Waals surface area contributed by atoms with Crippen LogP contribution in [0, 0.1) is 0 Å². The number of benzene rings is 1. The molecule has 2 heterocycles. The van der Waals surface area contributed by atoms with Crippen LogP contribution in [0.2, 0.25) is 0 Å². The Bertz CT molecular complexity index is 639. The van der Waals surface area contributed by atoms with Gasteiger partial charge in [0, 0.05) is 64.6 Å². The van der Waals surface area contributed by atoms with Crippen LogP contribution in [0.25, 0.3) is 0 Å². The number of anilines is 1. The van der Waals surface area contributed by atoms with E-state index in [0.717, 1.165) is 50.6 Å². The molecule has 1 N–H and O–H groups in total. The lowest BCUT2D eigenvalue weighted by Gasteiger charge is -2.34. The molecule has 0 aliphatic carbocycles. The number of nitrogens with zero attached hydrogens (tertiary/aromatic N) is 4. The summed E-state index contributed by atoms with van der Waals surface area (Å²) in [6, 6.07) is 12.1. The Balaban J connectivity index is 1.35. The maximum absolute atomic E-state index is 12.3. The first kappa shape index (κ1) is 17.3. The highest BCUT2D eigenvalue weighted by molar-refractivity contribution is 5.74. The molecule has 1 fully saturated rings. The van der Waals surface area contributed by atoms with Crippen molar-refractivity contribution in [3.05, 3.63) is 48.4 Å². The smallest absolute Gasteiger partial charge is 0.317 e. The highest BCUT2D eigenvalue weighted by atomic mass is 16.5. The van der Waals surface area contributed by atoms with Gasteiger partial charge in [-0.1, -0.05) is 23.4 Å². The molecule has 7 heteroatoms. The first-order valence-electron chi connectivity index (χ1n) is 8.63. The molecule has 3 rings (SSSR count). The van der Waals surface area contributed by atoms with Gasteiger partial charge in [-0.3, -0.25) is 4.90 Å². The average molecular weight is 343 g/mol. The van der Waals surface area contributed by atoms with E-state index in [1.54, 1.807) is 6.26 Å². The second-order valence-corrected chi connectivity index (χ2v) is 6.24. The van der Waals surface area contributed by atoms with E-state index in [2.05, 4.69) is 32.4 Å². The molecule has 1 aliphatic heterocycles. The van der Waals surface area contributed by atoms with E-state index >= 15 is 0 Å². The number of para-hydroxylation sites is 1. The number of hydrogen-bond donors (Lipinski definition) is 1. The van der Waals surface area contributed by atoms with E-state index in [-0.39, 0.29) is 6.03 Å². The number of carbonyl (C=O) groups is 1. The minimum absolute atomic E-state index is 0.0162. The van der Waals surface area contributed by atoms with Crippen LogP contribution in [-0.2, 0) is 6.54 Å². The van der Waals surface area contributed by atoms with Gasteiger partial charge in [-0.25, -0.2) is 4.79 Å². The van der Waals surface area contributed by atoms with Crippen molar-refractivity contribution in [2.45, 2.75) is 6.54 Å². The van der Waals surface area contributed by atoms with Gasteiger partial charge in [0.2, 0.25) is 0 Å². The number of aromatic nitrogens is 1. The maximum atomic E-state index is 12.3. The normalized spacial score (nSPS) is 15.2. The third-order valence-corrected chi connectivity index (χ3v) is 4.46. The molecule has 0 atom stereocenters. The molecule has 0 unspecified atom stereocenters. The molecular formula is C18H25N5O2. The molecule has 2 aromatic rings. The highest BCUT2D eigenvalue weighted by Gasteiger charge is 2.21. The van der Waals surface area contributed by atoms with Gasteiger partial charge in [0.1, 0.15) is 6.26 Å². The molecule has 0 spiro atoms. The molecule has 134 valence electrons. The lowest BCUT2D eigenvalue weighted by Crippen LogP contribution is -2.52. The van der Waals surface area contributed by atoms with E-state index in [0.29, 0.717) is 6.54 Å². The van der Waals surface area contributed by atoms with E-state index in [9.17, 15) is 4.79 Å². The SMILES string of the molecule is CN(CCNC(=O)N1CCN(Cc2ccon2)CC1)c1ccccc1. The van der Waals surface area contributed by atoms with Gasteiger partial charge >= 0.3 is 6.03 Å². The first-order chi connectivity index (χ1) is 12.2. The van der Waals surface area contributed by atoms with Gasteiger partial charge in [0.25, 0.3) is 0 Å². The van der Waals surface area contributed by atoms with Crippen molar-refractivity contribution in [3.8, 4) is 0 Å². The molecule has 0 bridgehead atoms. The lowest BCUT2D eigenvalue weighted by molar-refractivity contribution is 0.133. The molecule has 2 amide bonds. The Morgan fingerprint density at radius 1 is 1.20 bits per heavy atom. The van der Waals surface area contributed by atoms with E-state index in [1.165, 1.54) is 0 Å². The van der Waals surface area contributed by atoms with E-state index in [4.69, 9.17) is 4.52 Å². The summed E-state index contributed by atoms with van der Waals surface area (Å²) in [4.78, 5) is 18.6. The summed E-state index contributed by atoms with van der Waals surface area (Å²) in [5.41, 5.74) is 2.08. The number of rotatable bonds is 6. The van der Waals surface area contributed by atoms with Crippen LogP contribution in [0.3, 0.4) is 0 Å². The van der Waals surface area contributed by atoms with Crippen molar-refractivity contribution < 1.29 is 9.32 Å². The molecule has 1 aromatic heterocycles. The number of piperazine rings is 1. The molecular weight excluding hydrogens is 318 g/mol. The molecule has 1 aromatic carbocycles. The zero-order chi connectivity index (χ0) is 17.5. The number of likely N-dealkylation sites (N-methyl/N-ethyl adjacent to an activating group) is 1. The minimum Gasteiger partial charge on any atom is -0.373 e. The van der Waals surface area contributed by atoms with Crippen molar-refractivity contribution in [2.24, 2.45) is 0 Å². The average Bonchev–Trinajstić information content (AvgIpc) is 3.16. The summed E-state index contributed by atoms with van der Waals surface area (Å²) in [6.07, 6.45) is 1.59. The van der Waals surface area contributed by atoms with Crippen LogP contribution < -0.4 is 10.2 Å². The first-order valence-corrected chi connectivity index (χ1v) is 8.63. The molecule has 1 aliphatic rings. The zero-order valence-electron chi connectivity index (χ0n) is 14.6. The van der Waals surface area contributed by atoms with Gasteiger partial charge < -0.3 is 19.6 Å². The van der Waals surface area contributed by atoms with Crippen LogP contribution in [0.5, 0.6) is 0 Å². The Hall–Kier alpha value is -2.54. The summed E-state index contributed by atoms with van der Waals surface area (Å²) < 4.78 is 4.86. The summed E-state index contributed by atoms with van der Waals surface area (Å²) in [7, 11) is 2.03. The van der Waals surface area contributed by atoms with E-state index in [1.807, 2.05) is 36.2 Å². The van der Waals surface area contributed by atoms with Crippen molar-refractivity contribution >= 4 is 11.7 Å². The molecule has 7 nitrogen and oxygen atoms in total. The van der Waals surface area contributed by atoms with Gasteiger partial charge in [-0.2, -0.15) is 0 Å². The fourth-order valence-electron chi connectivity index (χ4n) is 2.91. The van der Waals surface area contributed by atoms with Gasteiger partial charge in [-0.05, 0) is 12.1 Å². The second-order valence-electron chi connectivity index (χ2n) is 6.24. The van der Waals surface area contributed by atoms with Crippen molar-refractivity contribution in [1.29, 1.82) is 0 Å². The molecule has 25 heavy (non-hydrogen) atoms. The summed E-state index contributed by atoms with van der Waals surface area (Å²) in [5, 5.41) is 6.95. The second kappa shape index (κ2) is 8.53. The number of nitrogens with one attached hydrogen (secondary N) is 1. The third-order valence-electron chi connectivity index (χ3n) is 4.46. The number of carbonyl (C=O) groups excluding carboxylic acids is 1. The monoisotopic (exact) mass is 343 g/mol. The largest absolute Gasteiger partial charge is 0.373 e. The Morgan fingerprint density at radius 2 is 1.96 bits per heavy atom. The summed E-state index contributed by atoms with van der Waals surface area (Å²) >= 11 is 0. The zero-order valence-corrected chi connectivity index (χ0v) is 14.6. The van der Waals surface area contributed by atoms with Crippen LogP contribution in [0.15, 0.2) is 47.2 Å². The quantitative estimate of drug-likeness (QED) is 0.864. The van der Waals surface area contributed by atoms with Gasteiger partial charge in [0.15, 0.2) is 0 Å². The Kier molecular flexibility index (Phi) is 5.90. The number of amides is 2. The lowest BCUT2D eigenvalue weighted by atomic mass is 10.3. The predicted octanol–water partition coefficient (Wildman–Crippen LogP) is 1.64. The maximum Gasteiger partial charge on any atom is 0.317 e. The molecule has 0 saturated carbocycles. The minimum atomic E-state index is 0.0162. The summed E-state index contributed by atoms with van der Waals surface area (Å²) in [6.45, 7) is 5.35. The standard InChI is InChI=1S/C18H25N5O2/c1-21(17-5-3-2-4-6-17)9-8-19-18(24)23-12-10-22(11-13-23)15-16-7-14-25-20-16/h2-7,14H,8-13,15H2,1H3,(H,19,24). The van der Waals surface area contributed by atoms with Crippen LogP contribution in [-0.4, -0.2) is 67.3 Å². The van der Waals surface area contributed by atoms with Crippen LogP contribution >= 0.6 is 0 Å². The molecule has 0 radical (unpaired) electrons. The van der Waals surface area contributed by atoms with Crippen molar-refractivity contribution in [3.63, 3.8) is 0 Å². The number of hydrogen-bond acceptors (Lipinski definition) is 5. The van der Waals surface area contributed by atoms with Crippen LogP contribution in [0.4, 0.5) is 10.5 Å². The fourth-order valence-corrected chi connectivity index (χ4v) is 2.91. The molecule has 1 saturated heterocycles. The third kappa shape index (κ3) is 4.96. The van der Waals surface area contributed by atoms with Crippen LogP contribution in [0.1, 0.15) is 5.69 Å². The summed E-state index contributed by atoms with van der Waals surface area (Å²) in [5.74, 6) is 0. The van der Waals surface area contributed by atoms with Crippen molar-refractivity contribution in [1.82, 2.24) is 20.3 Å². The van der Waals surface area contributed by atoms with Gasteiger partial charge in [0.05, 0.1) is 5.69 Å². The van der Waals surface area contributed by atoms with Crippen molar-refractivity contribution in [2.75, 3.05) is 51.2 Å². The fraction of sp³-hybridized carbons (Fsp3) is 0.444. The Labute approximate surface area is 148 Å². The topological polar surface area (TPSA) is 64.9 Å². The van der Waals surface area contributed by atoms with Gasteiger partial charge in [-0.15, -0.1) is 0 Å². The predicted molar refractivity (Wildman–Crippen MR) is 96.5 cm³/mol.